The Balaban J connectivity index is 1.91. The molecule has 134 valence electrons. The summed E-state index contributed by atoms with van der Waals surface area (Å²) >= 11 is 0. The molecule has 0 saturated heterocycles. The van der Waals surface area contributed by atoms with Crippen LogP contribution >= 0.6 is 0 Å². The average Bonchev–Trinajstić information content (AvgIpc) is 2.61. The van der Waals surface area contributed by atoms with E-state index in [2.05, 4.69) is 4.98 Å². The molecule has 1 aliphatic carbocycles. The van der Waals surface area contributed by atoms with Gasteiger partial charge in [0.05, 0.1) is 6.54 Å². The van der Waals surface area contributed by atoms with E-state index in [-0.39, 0.29) is 24.1 Å². The van der Waals surface area contributed by atoms with Crippen LogP contribution in [0.4, 0.5) is 0 Å². The van der Waals surface area contributed by atoms with Gasteiger partial charge in [-0.2, -0.15) is 0 Å². The van der Waals surface area contributed by atoms with Crippen molar-refractivity contribution in [2.24, 2.45) is 0 Å². The van der Waals surface area contributed by atoms with Gasteiger partial charge in [0.15, 0.2) is 0 Å². The number of methoxy groups -OCH3 is 1. The van der Waals surface area contributed by atoms with Crippen molar-refractivity contribution in [3.63, 3.8) is 0 Å². The Morgan fingerprint density at radius 3 is 2.72 bits per heavy atom. The quantitative estimate of drug-likeness (QED) is 0.908. The molecule has 1 N–H and O–H groups in total. The third kappa shape index (κ3) is 4.10. The third-order valence-electron chi connectivity index (χ3n) is 5.02. The summed E-state index contributed by atoms with van der Waals surface area (Å²) in [6, 6.07) is 8.11. The van der Waals surface area contributed by atoms with Gasteiger partial charge in [-0.25, -0.2) is 0 Å². The summed E-state index contributed by atoms with van der Waals surface area (Å²) in [5.74, 6) is -0.0437. The Morgan fingerprint density at radius 2 is 2.00 bits per heavy atom. The first-order valence-corrected chi connectivity index (χ1v) is 8.99. The first kappa shape index (κ1) is 17.7. The summed E-state index contributed by atoms with van der Waals surface area (Å²) in [5.41, 5.74) is 2.45. The van der Waals surface area contributed by atoms with Gasteiger partial charge in [-0.05, 0) is 42.8 Å². The fraction of sp³-hybridized carbons (Fsp3) is 0.500. The van der Waals surface area contributed by atoms with Gasteiger partial charge >= 0.3 is 0 Å². The van der Waals surface area contributed by atoms with Crippen LogP contribution in [0.5, 0.6) is 0 Å². The number of hydrogen-bond donors (Lipinski definition) is 1. The van der Waals surface area contributed by atoms with Crippen LogP contribution in [0.2, 0.25) is 0 Å². The molecule has 1 fully saturated rings. The van der Waals surface area contributed by atoms with Crippen molar-refractivity contribution in [2.75, 3.05) is 13.7 Å². The maximum atomic E-state index is 12.6. The molecule has 1 aromatic heterocycles. The summed E-state index contributed by atoms with van der Waals surface area (Å²) in [6.07, 6.45) is 5.49. The molecule has 1 aliphatic rings. The lowest BCUT2D eigenvalue weighted by Gasteiger charge is -2.34. The van der Waals surface area contributed by atoms with Crippen molar-refractivity contribution in [3.8, 4) is 0 Å². The van der Waals surface area contributed by atoms with E-state index in [0.29, 0.717) is 12.1 Å². The van der Waals surface area contributed by atoms with Crippen molar-refractivity contribution in [2.45, 2.75) is 51.6 Å². The van der Waals surface area contributed by atoms with E-state index in [9.17, 15) is 9.59 Å². The van der Waals surface area contributed by atoms with Gasteiger partial charge in [0.1, 0.15) is 6.61 Å². The van der Waals surface area contributed by atoms with E-state index >= 15 is 0 Å². The maximum Gasteiger partial charge on any atom is 0.253 e. The van der Waals surface area contributed by atoms with Crippen LogP contribution < -0.4 is 5.56 Å². The van der Waals surface area contributed by atoms with Crippen molar-refractivity contribution < 1.29 is 9.53 Å². The molecular formula is C20H26N2O3. The third-order valence-corrected chi connectivity index (χ3v) is 5.02. The first-order chi connectivity index (χ1) is 12.1. The van der Waals surface area contributed by atoms with E-state index in [0.717, 1.165) is 42.1 Å². The minimum absolute atomic E-state index is 0.0437. The van der Waals surface area contributed by atoms with Gasteiger partial charge in [0.25, 0.3) is 5.56 Å². The SMILES string of the molecule is COCC(=O)N(Cc1cc2ccc(C)cc2[nH]c1=O)C1CCCCC1. The fourth-order valence-electron chi connectivity index (χ4n) is 3.68. The summed E-state index contributed by atoms with van der Waals surface area (Å²) < 4.78 is 5.05. The molecule has 1 amide bonds. The minimum atomic E-state index is -0.121. The van der Waals surface area contributed by atoms with Crippen molar-refractivity contribution >= 4 is 16.8 Å². The number of rotatable bonds is 5. The van der Waals surface area contributed by atoms with Gasteiger partial charge in [0.2, 0.25) is 5.91 Å². The standard InChI is InChI=1S/C20H26N2O3/c1-14-8-9-15-11-16(20(24)21-18(15)10-14)12-22(19(23)13-25-2)17-6-4-3-5-7-17/h8-11,17H,3-7,12-13H2,1-2H3,(H,21,24). The number of aryl methyl sites for hydroxylation is 1. The zero-order valence-corrected chi connectivity index (χ0v) is 15.0. The molecule has 2 aromatic rings. The molecule has 3 rings (SSSR count). The smallest absolute Gasteiger partial charge is 0.253 e. The number of H-pyrrole nitrogens is 1. The topological polar surface area (TPSA) is 62.4 Å². The van der Waals surface area contributed by atoms with Crippen molar-refractivity contribution in [1.29, 1.82) is 0 Å². The molecule has 1 heterocycles. The molecule has 0 spiro atoms. The molecule has 5 nitrogen and oxygen atoms in total. The second kappa shape index (κ2) is 7.83. The highest BCUT2D eigenvalue weighted by Crippen LogP contribution is 2.24. The van der Waals surface area contributed by atoms with E-state index in [1.807, 2.05) is 36.1 Å². The van der Waals surface area contributed by atoms with Gasteiger partial charge in [-0.15, -0.1) is 0 Å². The first-order valence-electron chi connectivity index (χ1n) is 8.99. The number of fused-ring (bicyclic) bond motifs is 1. The average molecular weight is 342 g/mol. The molecular weight excluding hydrogens is 316 g/mol. The van der Waals surface area contributed by atoms with Gasteiger partial charge < -0.3 is 14.6 Å². The summed E-state index contributed by atoms with van der Waals surface area (Å²) in [5, 5.41) is 0.989. The van der Waals surface area contributed by atoms with Crippen LogP contribution in [0.3, 0.4) is 0 Å². The largest absolute Gasteiger partial charge is 0.375 e. The van der Waals surface area contributed by atoms with Crippen molar-refractivity contribution in [3.05, 3.63) is 45.7 Å². The molecule has 0 aliphatic heterocycles. The normalized spacial score (nSPS) is 15.4. The summed E-state index contributed by atoms with van der Waals surface area (Å²) in [4.78, 5) is 29.9. The number of carbonyl (C=O) groups is 1. The number of nitrogens with zero attached hydrogens (tertiary/aromatic N) is 1. The van der Waals surface area contributed by atoms with Gasteiger partial charge in [-0.1, -0.05) is 31.4 Å². The molecule has 1 saturated carbocycles. The van der Waals surface area contributed by atoms with Crippen LogP contribution in [0, 0.1) is 6.92 Å². The van der Waals surface area contributed by atoms with Crippen LogP contribution in [0.15, 0.2) is 29.1 Å². The predicted molar refractivity (Wildman–Crippen MR) is 98.6 cm³/mol. The van der Waals surface area contributed by atoms with E-state index in [1.165, 1.54) is 13.5 Å². The van der Waals surface area contributed by atoms with Crippen LogP contribution in [-0.2, 0) is 16.1 Å². The molecule has 0 unspecified atom stereocenters. The minimum Gasteiger partial charge on any atom is -0.375 e. The number of aromatic nitrogens is 1. The number of nitrogens with one attached hydrogen (secondary N) is 1. The number of ether oxygens (including phenoxy) is 1. The number of hydrogen-bond acceptors (Lipinski definition) is 3. The number of benzene rings is 1. The zero-order valence-electron chi connectivity index (χ0n) is 15.0. The number of carbonyl (C=O) groups excluding carboxylic acids is 1. The lowest BCUT2D eigenvalue weighted by atomic mass is 9.93. The van der Waals surface area contributed by atoms with E-state index < -0.39 is 0 Å². The zero-order chi connectivity index (χ0) is 17.8. The second-order valence-corrected chi connectivity index (χ2v) is 6.96. The van der Waals surface area contributed by atoms with Gasteiger partial charge in [0, 0.05) is 24.2 Å². The Kier molecular flexibility index (Phi) is 5.53. The van der Waals surface area contributed by atoms with E-state index in [1.54, 1.807) is 0 Å². The van der Waals surface area contributed by atoms with Gasteiger partial charge in [-0.3, -0.25) is 9.59 Å². The molecule has 0 radical (unpaired) electrons. The molecule has 5 heteroatoms. The summed E-state index contributed by atoms with van der Waals surface area (Å²) in [7, 11) is 1.53. The highest BCUT2D eigenvalue weighted by Gasteiger charge is 2.26. The molecule has 25 heavy (non-hydrogen) atoms. The number of amides is 1. The maximum absolute atomic E-state index is 12.6. The highest BCUT2D eigenvalue weighted by molar-refractivity contribution is 5.80. The van der Waals surface area contributed by atoms with Crippen LogP contribution in [-0.4, -0.2) is 35.5 Å². The Labute approximate surface area is 148 Å². The molecule has 1 aromatic carbocycles. The Morgan fingerprint density at radius 1 is 1.24 bits per heavy atom. The monoisotopic (exact) mass is 342 g/mol. The lowest BCUT2D eigenvalue weighted by molar-refractivity contribution is -0.139. The number of pyridine rings is 1. The van der Waals surface area contributed by atoms with Crippen molar-refractivity contribution in [1.82, 2.24) is 9.88 Å². The lowest BCUT2D eigenvalue weighted by Crippen LogP contribution is -2.43. The number of aromatic amines is 1. The Bertz CT molecular complexity index is 806. The molecule has 0 atom stereocenters. The summed E-state index contributed by atoms with van der Waals surface area (Å²) in [6.45, 7) is 2.40. The van der Waals surface area contributed by atoms with Crippen LogP contribution in [0.25, 0.3) is 10.9 Å². The highest BCUT2D eigenvalue weighted by atomic mass is 16.5. The van der Waals surface area contributed by atoms with Crippen LogP contribution in [0.1, 0.15) is 43.2 Å². The predicted octanol–water partition coefficient (Wildman–Crippen LogP) is 3.14. The Hall–Kier alpha value is -2.14. The second-order valence-electron chi connectivity index (χ2n) is 6.96. The fourth-order valence-corrected chi connectivity index (χ4v) is 3.68. The molecule has 0 bridgehead atoms. The van der Waals surface area contributed by atoms with E-state index in [4.69, 9.17) is 4.74 Å².